The normalized spacial score (nSPS) is 17.6. The van der Waals surface area contributed by atoms with E-state index in [1.54, 1.807) is 11.3 Å². The molecular formula is C20H27N5OS2. The molecule has 2 aromatic heterocycles. The van der Waals surface area contributed by atoms with E-state index in [2.05, 4.69) is 47.5 Å². The van der Waals surface area contributed by atoms with E-state index in [0.717, 1.165) is 41.2 Å². The van der Waals surface area contributed by atoms with Crippen LogP contribution in [0, 0.1) is 16.6 Å². The summed E-state index contributed by atoms with van der Waals surface area (Å²) >= 11 is 7.36. The van der Waals surface area contributed by atoms with E-state index in [9.17, 15) is 4.79 Å². The second-order valence-electron chi connectivity index (χ2n) is 8.04. The number of amides is 1. The Hall–Kier alpha value is -1.77. The molecule has 1 aromatic carbocycles. The molecule has 0 aliphatic carbocycles. The molecule has 3 heterocycles. The Morgan fingerprint density at radius 1 is 1.29 bits per heavy atom. The molecule has 4 rings (SSSR count). The lowest BCUT2D eigenvalue weighted by Gasteiger charge is -2.31. The number of hydrogen-bond donors (Lipinski definition) is 1. The Morgan fingerprint density at radius 2 is 2.00 bits per heavy atom. The van der Waals surface area contributed by atoms with Crippen molar-refractivity contribution in [1.29, 1.82) is 0 Å². The van der Waals surface area contributed by atoms with Crippen LogP contribution in [-0.4, -0.2) is 44.1 Å². The average molecular weight is 418 g/mol. The fraction of sp³-hybridized carbons (Fsp3) is 0.550. The average Bonchev–Trinajstić information content (AvgIpc) is 3.18. The fourth-order valence-electron chi connectivity index (χ4n) is 3.61. The van der Waals surface area contributed by atoms with E-state index in [4.69, 9.17) is 17.3 Å². The third-order valence-corrected chi connectivity index (χ3v) is 7.18. The highest BCUT2D eigenvalue weighted by Crippen LogP contribution is 2.26. The summed E-state index contributed by atoms with van der Waals surface area (Å²) < 4.78 is 5.90. The second-order valence-corrected chi connectivity index (χ2v) is 9.42. The highest BCUT2D eigenvalue weighted by Gasteiger charge is 2.26. The molecule has 1 aliphatic heterocycles. The van der Waals surface area contributed by atoms with Gasteiger partial charge in [-0.15, -0.1) is 5.10 Å². The van der Waals surface area contributed by atoms with Crippen molar-refractivity contribution in [3.05, 3.63) is 29.0 Å². The molecule has 28 heavy (non-hydrogen) atoms. The summed E-state index contributed by atoms with van der Waals surface area (Å²) in [5, 5.41) is 7.89. The van der Waals surface area contributed by atoms with E-state index in [1.165, 1.54) is 4.70 Å². The topological polar surface area (TPSA) is 54.6 Å². The quantitative estimate of drug-likeness (QED) is 0.640. The Balaban J connectivity index is 1.41. The van der Waals surface area contributed by atoms with Crippen LogP contribution in [0.3, 0.4) is 0 Å². The zero-order valence-corrected chi connectivity index (χ0v) is 18.2. The molecule has 0 saturated carbocycles. The lowest BCUT2D eigenvalue weighted by Crippen LogP contribution is -2.44. The molecule has 1 unspecified atom stereocenters. The van der Waals surface area contributed by atoms with Crippen molar-refractivity contribution >= 4 is 44.6 Å². The number of rotatable bonds is 5. The Kier molecular flexibility index (Phi) is 5.53. The molecule has 0 radical (unpaired) electrons. The van der Waals surface area contributed by atoms with Crippen LogP contribution in [0.2, 0.25) is 0 Å². The monoisotopic (exact) mass is 417 g/mol. The highest BCUT2D eigenvalue weighted by molar-refractivity contribution is 7.71. The first kappa shape index (κ1) is 19.5. The maximum Gasteiger partial charge on any atom is 0.223 e. The number of carbonyl (C=O) groups is 1. The second kappa shape index (κ2) is 7.93. The molecule has 0 spiro atoms. The number of benzene rings is 1. The Labute approximate surface area is 174 Å². The predicted molar refractivity (Wildman–Crippen MR) is 116 cm³/mol. The number of aromatic nitrogens is 3. The molecule has 150 valence electrons. The van der Waals surface area contributed by atoms with Crippen LogP contribution in [0.25, 0.3) is 15.2 Å². The molecule has 1 N–H and O–H groups in total. The Morgan fingerprint density at radius 3 is 2.71 bits per heavy atom. The van der Waals surface area contributed by atoms with Crippen molar-refractivity contribution < 1.29 is 4.79 Å². The number of piperidine rings is 1. The summed E-state index contributed by atoms with van der Waals surface area (Å²) in [6.07, 6.45) is 1.77. The number of para-hydroxylation sites is 1. The number of nitrogens with one attached hydrogen (secondary N) is 1. The molecule has 3 aromatic rings. The van der Waals surface area contributed by atoms with Gasteiger partial charge in [-0.3, -0.25) is 14.1 Å². The van der Waals surface area contributed by atoms with Gasteiger partial charge in [0.1, 0.15) is 0 Å². The maximum absolute atomic E-state index is 12.5. The fourth-order valence-corrected chi connectivity index (χ4v) is 4.98. The van der Waals surface area contributed by atoms with Crippen LogP contribution >= 0.6 is 23.6 Å². The summed E-state index contributed by atoms with van der Waals surface area (Å²) in [6.45, 7) is 8.81. The molecule has 1 amide bonds. The van der Waals surface area contributed by atoms with Crippen molar-refractivity contribution in [1.82, 2.24) is 24.4 Å². The van der Waals surface area contributed by atoms with Crippen molar-refractivity contribution in [2.75, 3.05) is 13.1 Å². The van der Waals surface area contributed by atoms with Gasteiger partial charge in [0.05, 0.1) is 16.9 Å². The first-order valence-corrected chi connectivity index (χ1v) is 11.2. The van der Waals surface area contributed by atoms with Gasteiger partial charge in [0, 0.05) is 25.0 Å². The van der Waals surface area contributed by atoms with Crippen molar-refractivity contribution in [3.63, 3.8) is 0 Å². The summed E-state index contributed by atoms with van der Waals surface area (Å²) in [4.78, 5) is 15.7. The zero-order chi connectivity index (χ0) is 19.8. The SMILES string of the molecule is CC(C)C(C)NC(=O)C1CCN(Cn2nc3sc4ccccc4n3c2=S)CC1. The van der Waals surface area contributed by atoms with Crippen LogP contribution in [0.4, 0.5) is 0 Å². The van der Waals surface area contributed by atoms with E-state index < -0.39 is 0 Å². The zero-order valence-electron chi connectivity index (χ0n) is 16.6. The van der Waals surface area contributed by atoms with Crippen LogP contribution < -0.4 is 5.32 Å². The number of carbonyl (C=O) groups excluding carboxylic acids is 1. The third-order valence-electron chi connectivity index (χ3n) is 5.78. The van der Waals surface area contributed by atoms with Crippen LogP contribution in [0.15, 0.2) is 24.3 Å². The lowest BCUT2D eigenvalue weighted by molar-refractivity contribution is -0.127. The van der Waals surface area contributed by atoms with E-state index >= 15 is 0 Å². The van der Waals surface area contributed by atoms with E-state index in [0.29, 0.717) is 12.6 Å². The van der Waals surface area contributed by atoms with Gasteiger partial charge in [-0.1, -0.05) is 37.3 Å². The molecule has 1 fully saturated rings. The van der Waals surface area contributed by atoms with Gasteiger partial charge in [-0.25, -0.2) is 4.68 Å². The van der Waals surface area contributed by atoms with Gasteiger partial charge in [0.25, 0.3) is 0 Å². The van der Waals surface area contributed by atoms with Gasteiger partial charge in [-0.05, 0) is 50.0 Å². The highest BCUT2D eigenvalue weighted by atomic mass is 32.1. The number of thiazole rings is 1. The Bertz CT molecular complexity index is 1040. The van der Waals surface area contributed by atoms with Crippen LogP contribution in [0.1, 0.15) is 33.6 Å². The maximum atomic E-state index is 12.5. The smallest absolute Gasteiger partial charge is 0.223 e. The first-order chi connectivity index (χ1) is 13.4. The van der Waals surface area contributed by atoms with Crippen LogP contribution in [0.5, 0.6) is 0 Å². The molecule has 0 bridgehead atoms. The minimum absolute atomic E-state index is 0.111. The third kappa shape index (κ3) is 3.73. The van der Waals surface area contributed by atoms with Gasteiger partial charge in [0.2, 0.25) is 15.6 Å². The predicted octanol–water partition coefficient (Wildman–Crippen LogP) is 3.91. The van der Waals surface area contributed by atoms with Crippen molar-refractivity contribution in [2.24, 2.45) is 11.8 Å². The minimum Gasteiger partial charge on any atom is -0.353 e. The number of nitrogens with zero attached hydrogens (tertiary/aromatic N) is 4. The van der Waals surface area contributed by atoms with Crippen LogP contribution in [-0.2, 0) is 11.5 Å². The summed E-state index contributed by atoms with van der Waals surface area (Å²) in [6, 6.07) is 8.48. The van der Waals surface area contributed by atoms with Gasteiger partial charge in [0.15, 0.2) is 0 Å². The number of hydrogen-bond acceptors (Lipinski definition) is 5. The minimum atomic E-state index is 0.111. The van der Waals surface area contributed by atoms with Gasteiger partial charge < -0.3 is 5.32 Å². The standard InChI is InChI=1S/C20H27N5OS2/c1-13(2)14(3)21-18(26)15-8-10-23(11-9-15)12-24-20(27)25-16-6-4-5-7-17(16)28-19(25)22-24/h4-7,13-15H,8-12H2,1-3H3,(H,21,26). The molecule has 1 saturated heterocycles. The molecule has 1 atom stereocenters. The summed E-state index contributed by atoms with van der Waals surface area (Å²) in [5.41, 5.74) is 1.12. The number of fused-ring (bicyclic) bond motifs is 3. The van der Waals surface area contributed by atoms with E-state index in [-0.39, 0.29) is 17.9 Å². The molecular weight excluding hydrogens is 390 g/mol. The number of likely N-dealkylation sites (tertiary alicyclic amines) is 1. The largest absolute Gasteiger partial charge is 0.353 e. The first-order valence-electron chi connectivity index (χ1n) is 9.94. The molecule has 8 heteroatoms. The van der Waals surface area contributed by atoms with Gasteiger partial charge in [-0.2, -0.15) is 0 Å². The summed E-state index contributed by atoms with van der Waals surface area (Å²) in [7, 11) is 0. The van der Waals surface area contributed by atoms with Crippen molar-refractivity contribution in [3.8, 4) is 0 Å². The van der Waals surface area contributed by atoms with Gasteiger partial charge >= 0.3 is 0 Å². The van der Waals surface area contributed by atoms with E-state index in [1.807, 2.05) is 16.8 Å². The molecule has 6 nitrogen and oxygen atoms in total. The molecule has 1 aliphatic rings. The summed E-state index contributed by atoms with van der Waals surface area (Å²) in [5.74, 6) is 0.767. The lowest BCUT2D eigenvalue weighted by atomic mass is 9.95. The van der Waals surface area contributed by atoms with Crippen molar-refractivity contribution in [2.45, 2.75) is 46.3 Å².